The molecule has 0 radical (unpaired) electrons. The number of rotatable bonds is 4. The average molecular weight is 343 g/mol. The fourth-order valence-corrected chi connectivity index (χ4v) is 2.70. The SMILES string of the molecule is Cc1ccc(N[C@@H]2CC(=O)N(c3ccc(F)cc3)C2=O)cc1[N+](=O)[O-]. The first-order chi connectivity index (χ1) is 11.9. The molecule has 2 aromatic carbocycles. The Balaban J connectivity index is 1.82. The van der Waals surface area contributed by atoms with Crippen LogP contribution < -0.4 is 10.2 Å². The molecule has 0 bridgehead atoms. The highest BCUT2D eigenvalue weighted by Crippen LogP contribution is 2.27. The number of carbonyl (C=O) groups is 2. The Morgan fingerprint density at radius 1 is 1.20 bits per heavy atom. The van der Waals surface area contributed by atoms with E-state index < -0.39 is 28.6 Å². The van der Waals surface area contributed by atoms with Crippen molar-refractivity contribution in [2.75, 3.05) is 10.2 Å². The lowest BCUT2D eigenvalue weighted by Crippen LogP contribution is -2.34. The van der Waals surface area contributed by atoms with E-state index in [1.165, 1.54) is 30.3 Å². The minimum Gasteiger partial charge on any atom is -0.373 e. The van der Waals surface area contributed by atoms with Gasteiger partial charge in [-0.25, -0.2) is 9.29 Å². The number of imide groups is 1. The highest BCUT2D eigenvalue weighted by molar-refractivity contribution is 6.23. The van der Waals surface area contributed by atoms with Crippen LogP contribution in [0.15, 0.2) is 42.5 Å². The van der Waals surface area contributed by atoms with Gasteiger partial charge < -0.3 is 5.32 Å². The van der Waals surface area contributed by atoms with E-state index in [0.29, 0.717) is 11.3 Å². The quantitative estimate of drug-likeness (QED) is 0.523. The Bertz CT molecular complexity index is 867. The Morgan fingerprint density at radius 2 is 1.88 bits per heavy atom. The predicted octanol–water partition coefficient (Wildman–Crippen LogP) is 2.79. The molecule has 1 N–H and O–H groups in total. The van der Waals surface area contributed by atoms with Crippen molar-refractivity contribution in [3.8, 4) is 0 Å². The van der Waals surface area contributed by atoms with Crippen molar-refractivity contribution in [1.29, 1.82) is 0 Å². The van der Waals surface area contributed by atoms with Gasteiger partial charge >= 0.3 is 0 Å². The highest BCUT2D eigenvalue weighted by atomic mass is 19.1. The molecule has 0 spiro atoms. The predicted molar refractivity (Wildman–Crippen MR) is 88.8 cm³/mol. The summed E-state index contributed by atoms with van der Waals surface area (Å²) in [6, 6.07) is 8.71. The Kier molecular flexibility index (Phi) is 4.18. The molecule has 8 heteroatoms. The van der Waals surface area contributed by atoms with Crippen LogP contribution in [0, 0.1) is 22.9 Å². The van der Waals surface area contributed by atoms with Crippen LogP contribution in [-0.4, -0.2) is 22.8 Å². The number of hydrogen-bond donors (Lipinski definition) is 1. The molecule has 0 saturated carbocycles. The molecule has 128 valence electrons. The van der Waals surface area contributed by atoms with Crippen LogP contribution in [0.5, 0.6) is 0 Å². The number of aryl methyl sites for hydroxylation is 1. The lowest BCUT2D eigenvalue weighted by Gasteiger charge is -2.16. The molecule has 2 aromatic rings. The number of halogens is 1. The van der Waals surface area contributed by atoms with Crippen LogP contribution in [0.4, 0.5) is 21.5 Å². The Morgan fingerprint density at radius 3 is 2.52 bits per heavy atom. The fourth-order valence-electron chi connectivity index (χ4n) is 2.70. The number of nitro benzene ring substituents is 1. The van der Waals surface area contributed by atoms with Crippen LogP contribution in [0.1, 0.15) is 12.0 Å². The van der Waals surface area contributed by atoms with Crippen LogP contribution in [-0.2, 0) is 9.59 Å². The van der Waals surface area contributed by atoms with Gasteiger partial charge in [-0.05, 0) is 37.3 Å². The first-order valence-electron chi connectivity index (χ1n) is 7.51. The molecule has 2 amide bonds. The van der Waals surface area contributed by atoms with E-state index in [2.05, 4.69) is 5.32 Å². The van der Waals surface area contributed by atoms with Gasteiger partial charge in [-0.15, -0.1) is 0 Å². The summed E-state index contributed by atoms with van der Waals surface area (Å²) in [6.07, 6.45) is -0.0854. The minimum atomic E-state index is -0.833. The lowest BCUT2D eigenvalue weighted by molar-refractivity contribution is -0.385. The van der Waals surface area contributed by atoms with Gasteiger partial charge in [0.1, 0.15) is 11.9 Å². The minimum absolute atomic E-state index is 0.0721. The van der Waals surface area contributed by atoms with Crippen molar-refractivity contribution in [3.05, 3.63) is 64.0 Å². The normalized spacial score (nSPS) is 17.0. The van der Waals surface area contributed by atoms with Gasteiger partial charge in [-0.1, -0.05) is 6.07 Å². The van der Waals surface area contributed by atoms with Gasteiger partial charge in [0.2, 0.25) is 5.91 Å². The van der Waals surface area contributed by atoms with Crippen molar-refractivity contribution in [2.45, 2.75) is 19.4 Å². The number of nitrogens with one attached hydrogen (secondary N) is 1. The van der Waals surface area contributed by atoms with Gasteiger partial charge in [-0.2, -0.15) is 0 Å². The molecule has 0 aliphatic carbocycles. The summed E-state index contributed by atoms with van der Waals surface area (Å²) >= 11 is 0. The molecule has 3 rings (SSSR count). The van der Waals surface area contributed by atoms with Crippen LogP contribution >= 0.6 is 0 Å². The first kappa shape index (κ1) is 16.6. The van der Waals surface area contributed by atoms with Crippen LogP contribution in [0.2, 0.25) is 0 Å². The smallest absolute Gasteiger partial charge is 0.274 e. The van der Waals surface area contributed by atoms with Crippen molar-refractivity contribution in [3.63, 3.8) is 0 Å². The molecule has 1 fully saturated rings. The van der Waals surface area contributed by atoms with Gasteiger partial charge in [-0.3, -0.25) is 19.7 Å². The number of hydrogen-bond acceptors (Lipinski definition) is 5. The Hall–Kier alpha value is -3.29. The standard InChI is InChI=1S/C17H14FN3O4/c1-10-2-5-12(8-15(10)21(24)25)19-14-9-16(22)20(17(14)23)13-6-3-11(18)4-7-13/h2-8,14,19H,9H2,1H3/t14-/m1/s1. The van der Waals surface area contributed by atoms with Gasteiger partial charge in [0.05, 0.1) is 17.0 Å². The van der Waals surface area contributed by atoms with E-state index in [4.69, 9.17) is 0 Å². The molecule has 7 nitrogen and oxygen atoms in total. The van der Waals surface area contributed by atoms with Crippen molar-refractivity contribution in [2.24, 2.45) is 0 Å². The Labute approximate surface area is 142 Å². The summed E-state index contributed by atoms with van der Waals surface area (Å²) in [5, 5.41) is 13.9. The van der Waals surface area contributed by atoms with E-state index in [1.807, 2.05) is 0 Å². The molecule has 1 heterocycles. The third-order valence-electron chi connectivity index (χ3n) is 3.98. The summed E-state index contributed by atoms with van der Waals surface area (Å²) in [5.74, 6) is -1.37. The summed E-state index contributed by atoms with van der Waals surface area (Å²) in [6.45, 7) is 1.61. The topological polar surface area (TPSA) is 92.6 Å². The van der Waals surface area contributed by atoms with E-state index in [9.17, 15) is 24.1 Å². The van der Waals surface area contributed by atoms with E-state index >= 15 is 0 Å². The molecular formula is C17H14FN3O4. The average Bonchev–Trinajstić information content (AvgIpc) is 2.84. The zero-order valence-corrected chi connectivity index (χ0v) is 13.2. The van der Waals surface area contributed by atoms with E-state index in [-0.39, 0.29) is 17.8 Å². The van der Waals surface area contributed by atoms with Gasteiger partial charge in [0.15, 0.2) is 0 Å². The third kappa shape index (κ3) is 3.18. The summed E-state index contributed by atoms with van der Waals surface area (Å²) < 4.78 is 13.0. The molecule has 0 unspecified atom stereocenters. The second kappa shape index (κ2) is 6.31. The number of anilines is 2. The summed E-state index contributed by atoms with van der Waals surface area (Å²) in [5.41, 5.74) is 1.09. The van der Waals surface area contributed by atoms with Crippen molar-refractivity contribution < 1.29 is 18.9 Å². The number of carbonyl (C=O) groups excluding carboxylic acids is 2. The second-order valence-electron chi connectivity index (χ2n) is 5.70. The van der Waals surface area contributed by atoms with Crippen LogP contribution in [0.3, 0.4) is 0 Å². The van der Waals surface area contributed by atoms with E-state index in [1.54, 1.807) is 19.1 Å². The highest BCUT2D eigenvalue weighted by Gasteiger charge is 2.39. The number of nitro groups is 1. The largest absolute Gasteiger partial charge is 0.373 e. The van der Waals surface area contributed by atoms with Crippen molar-refractivity contribution in [1.82, 2.24) is 0 Å². The van der Waals surface area contributed by atoms with Gasteiger partial charge in [0.25, 0.3) is 11.6 Å². The van der Waals surface area contributed by atoms with Gasteiger partial charge in [0, 0.05) is 17.3 Å². The molecule has 1 saturated heterocycles. The zero-order chi connectivity index (χ0) is 18.1. The number of benzene rings is 2. The summed E-state index contributed by atoms with van der Waals surface area (Å²) in [7, 11) is 0. The first-order valence-corrected chi connectivity index (χ1v) is 7.51. The van der Waals surface area contributed by atoms with Crippen molar-refractivity contribution >= 4 is 28.9 Å². The maximum atomic E-state index is 13.0. The summed E-state index contributed by atoms with van der Waals surface area (Å²) in [4.78, 5) is 36.2. The molecule has 25 heavy (non-hydrogen) atoms. The van der Waals surface area contributed by atoms with Crippen LogP contribution in [0.25, 0.3) is 0 Å². The molecular weight excluding hydrogens is 329 g/mol. The lowest BCUT2D eigenvalue weighted by atomic mass is 10.1. The molecule has 0 aromatic heterocycles. The maximum absolute atomic E-state index is 13.0. The maximum Gasteiger partial charge on any atom is 0.274 e. The second-order valence-corrected chi connectivity index (χ2v) is 5.70. The molecule has 1 aliphatic heterocycles. The molecule has 1 atom stereocenters. The number of amides is 2. The van der Waals surface area contributed by atoms with E-state index in [0.717, 1.165) is 4.90 Å². The monoisotopic (exact) mass is 343 g/mol. The third-order valence-corrected chi connectivity index (χ3v) is 3.98. The number of nitrogens with zero attached hydrogens (tertiary/aromatic N) is 2. The molecule has 1 aliphatic rings. The fraction of sp³-hybridized carbons (Fsp3) is 0.176. The zero-order valence-electron chi connectivity index (χ0n) is 13.2.